The van der Waals surface area contributed by atoms with Crippen LogP contribution in [0, 0.1) is 13.8 Å². The number of fused-ring (bicyclic) bond motifs is 4. The minimum atomic E-state index is -0.449. The number of hydrogen-bond acceptors (Lipinski definition) is 9. The second-order valence-electron chi connectivity index (χ2n) is 9.78. The van der Waals surface area contributed by atoms with Crippen LogP contribution in [-0.2, 0) is 20.9 Å². The molecule has 3 amide bonds. The zero-order valence-corrected chi connectivity index (χ0v) is 21.3. The van der Waals surface area contributed by atoms with E-state index in [-0.39, 0.29) is 42.9 Å². The van der Waals surface area contributed by atoms with E-state index in [1.807, 2.05) is 18.7 Å². The Kier molecular flexibility index (Phi) is 7.11. The maximum atomic E-state index is 14.0. The average Bonchev–Trinajstić information content (AvgIpc) is 3.44. The third-order valence-corrected chi connectivity index (χ3v) is 7.38. The lowest BCUT2D eigenvalue weighted by Crippen LogP contribution is -2.61. The van der Waals surface area contributed by atoms with Gasteiger partial charge in [-0.1, -0.05) is 5.16 Å². The number of amides is 3. The number of aromatic nitrogens is 2. The molecule has 1 N–H and O–H groups in total. The molecule has 2 aromatic rings. The number of methoxy groups -OCH3 is 1. The standard InChI is InChI=1S/C25H32N6O6/c1-15-20(16(2)37-28-15)12-30-10-17-9-21(30)25(34)31-8-7-29(22(32)14-35-3)11-18(31)13-36-24-19(23(33)27-17)5-4-6-26-24/h4-6,17-18,21H,7-14H2,1-3H3,(H,27,33)/t17-,18-,21-/m0/s1. The quantitative estimate of drug-likeness (QED) is 0.608. The van der Waals surface area contributed by atoms with Crippen LogP contribution in [0.4, 0.5) is 0 Å². The summed E-state index contributed by atoms with van der Waals surface area (Å²) in [5.74, 6) is 0.440. The Morgan fingerprint density at radius 2 is 2.08 bits per heavy atom. The highest BCUT2D eigenvalue weighted by Crippen LogP contribution is 2.28. The molecule has 3 aliphatic heterocycles. The molecule has 5 heterocycles. The minimum Gasteiger partial charge on any atom is -0.475 e. The van der Waals surface area contributed by atoms with Gasteiger partial charge >= 0.3 is 0 Å². The third-order valence-electron chi connectivity index (χ3n) is 7.38. The van der Waals surface area contributed by atoms with Crippen LogP contribution < -0.4 is 10.1 Å². The molecule has 3 aliphatic rings. The van der Waals surface area contributed by atoms with Crippen molar-refractivity contribution in [1.29, 1.82) is 0 Å². The van der Waals surface area contributed by atoms with Gasteiger partial charge in [0.15, 0.2) is 0 Å². The van der Waals surface area contributed by atoms with Gasteiger partial charge in [0.25, 0.3) is 5.91 Å². The SMILES string of the molecule is COCC(=O)N1CCN2C(=O)[C@@H]3C[C@@H](CN3Cc3c(C)noc3C)NC(=O)c3cccnc3OC[C@@H]2C1. The first kappa shape index (κ1) is 25.2. The Bertz CT molecular complexity index is 1160. The molecule has 2 fully saturated rings. The first-order valence-electron chi connectivity index (χ1n) is 12.5. The fourth-order valence-electron chi connectivity index (χ4n) is 5.41. The summed E-state index contributed by atoms with van der Waals surface area (Å²) in [4.78, 5) is 49.6. The highest BCUT2D eigenvalue weighted by Gasteiger charge is 2.44. The van der Waals surface area contributed by atoms with Gasteiger partial charge in [-0.3, -0.25) is 19.3 Å². The molecular formula is C25H32N6O6. The number of nitrogens with zero attached hydrogens (tertiary/aromatic N) is 5. The van der Waals surface area contributed by atoms with Crippen molar-refractivity contribution in [1.82, 2.24) is 30.2 Å². The van der Waals surface area contributed by atoms with Crippen LogP contribution in [0.25, 0.3) is 0 Å². The third kappa shape index (κ3) is 5.03. The van der Waals surface area contributed by atoms with E-state index in [1.54, 1.807) is 23.2 Å². The van der Waals surface area contributed by atoms with Crippen LogP contribution in [-0.4, -0.2) is 107 Å². The van der Waals surface area contributed by atoms with Crippen molar-refractivity contribution in [3.05, 3.63) is 40.9 Å². The Labute approximate surface area is 214 Å². The van der Waals surface area contributed by atoms with E-state index in [2.05, 4.69) is 20.4 Å². The number of hydrogen-bond donors (Lipinski definition) is 1. The van der Waals surface area contributed by atoms with Gasteiger partial charge < -0.3 is 29.1 Å². The normalized spacial score (nSPS) is 24.5. The number of ether oxygens (including phenoxy) is 2. The molecule has 198 valence electrons. The molecule has 0 aliphatic carbocycles. The second-order valence-corrected chi connectivity index (χ2v) is 9.78. The molecule has 0 radical (unpaired) electrons. The van der Waals surface area contributed by atoms with E-state index in [9.17, 15) is 14.4 Å². The van der Waals surface area contributed by atoms with Crippen LogP contribution in [0.5, 0.6) is 5.88 Å². The summed E-state index contributed by atoms with van der Waals surface area (Å²) in [6, 6.07) is 2.28. The first-order valence-corrected chi connectivity index (χ1v) is 12.5. The lowest BCUT2D eigenvalue weighted by atomic mass is 10.1. The van der Waals surface area contributed by atoms with Crippen molar-refractivity contribution in [2.75, 3.05) is 46.5 Å². The molecule has 0 saturated carbocycles. The molecule has 0 spiro atoms. The van der Waals surface area contributed by atoms with Crippen LogP contribution >= 0.6 is 0 Å². The largest absolute Gasteiger partial charge is 0.475 e. The number of aryl methyl sites for hydroxylation is 2. The predicted octanol–water partition coefficient (Wildman–Crippen LogP) is 0.138. The maximum absolute atomic E-state index is 14.0. The fraction of sp³-hybridized carbons (Fsp3) is 0.560. The van der Waals surface area contributed by atoms with E-state index in [0.717, 1.165) is 11.3 Å². The Morgan fingerprint density at radius 1 is 1.24 bits per heavy atom. The number of carbonyl (C=O) groups is 3. The van der Waals surface area contributed by atoms with Crippen molar-refractivity contribution in [3.8, 4) is 5.88 Å². The number of pyridine rings is 1. The molecule has 12 heteroatoms. The van der Waals surface area contributed by atoms with Gasteiger partial charge in [0.1, 0.15) is 24.5 Å². The smallest absolute Gasteiger partial charge is 0.257 e. The molecule has 3 atom stereocenters. The summed E-state index contributed by atoms with van der Waals surface area (Å²) in [5, 5.41) is 7.13. The number of piperazine rings is 1. The van der Waals surface area contributed by atoms with Gasteiger partial charge in [0.05, 0.1) is 17.8 Å². The molecule has 5 rings (SSSR count). The highest BCUT2D eigenvalue weighted by molar-refractivity contribution is 5.96. The van der Waals surface area contributed by atoms with Gasteiger partial charge in [-0.2, -0.15) is 0 Å². The lowest BCUT2D eigenvalue weighted by Gasteiger charge is -2.43. The second kappa shape index (κ2) is 10.5. The Balaban J connectivity index is 1.47. The van der Waals surface area contributed by atoms with Crippen molar-refractivity contribution in [2.24, 2.45) is 0 Å². The summed E-state index contributed by atoms with van der Waals surface area (Å²) in [5.41, 5.74) is 2.06. The van der Waals surface area contributed by atoms with Crippen LogP contribution in [0.3, 0.4) is 0 Å². The monoisotopic (exact) mass is 512 g/mol. The molecule has 12 nitrogen and oxygen atoms in total. The lowest BCUT2D eigenvalue weighted by molar-refractivity contribution is -0.148. The number of rotatable bonds is 4. The first-order chi connectivity index (χ1) is 17.9. The molecule has 0 unspecified atom stereocenters. The molecular weight excluding hydrogens is 480 g/mol. The van der Waals surface area contributed by atoms with Crippen LogP contribution in [0.1, 0.15) is 33.8 Å². The predicted molar refractivity (Wildman–Crippen MR) is 130 cm³/mol. The molecule has 0 aromatic carbocycles. The molecule has 2 bridgehead atoms. The van der Waals surface area contributed by atoms with E-state index in [1.165, 1.54) is 7.11 Å². The minimum absolute atomic E-state index is 0.0262. The van der Waals surface area contributed by atoms with Crippen molar-refractivity contribution in [2.45, 2.75) is 44.9 Å². The van der Waals surface area contributed by atoms with Gasteiger partial charge in [-0.05, 0) is 32.4 Å². The summed E-state index contributed by atoms with van der Waals surface area (Å²) in [6.45, 7) is 5.89. The van der Waals surface area contributed by atoms with Crippen molar-refractivity contribution in [3.63, 3.8) is 0 Å². The zero-order valence-electron chi connectivity index (χ0n) is 21.3. The van der Waals surface area contributed by atoms with E-state index in [4.69, 9.17) is 14.0 Å². The summed E-state index contributed by atoms with van der Waals surface area (Å²) in [6.07, 6.45) is 2.03. The van der Waals surface area contributed by atoms with Crippen LogP contribution in [0.2, 0.25) is 0 Å². The Morgan fingerprint density at radius 3 is 2.84 bits per heavy atom. The number of likely N-dealkylation sites (tertiary alicyclic amines) is 1. The van der Waals surface area contributed by atoms with E-state index in [0.29, 0.717) is 50.5 Å². The number of nitrogens with one attached hydrogen (secondary N) is 1. The summed E-state index contributed by atoms with van der Waals surface area (Å²) >= 11 is 0. The summed E-state index contributed by atoms with van der Waals surface area (Å²) < 4.78 is 16.4. The average molecular weight is 513 g/mol. The fourth-order valence-corrected chi connectivity index (χ4v) is 5.41. The van der Waals surface area contributed by atoms with Gasteiger partial charge in [0, 0.05) is 57.6 Å². The van der Waals surface area contributed by atoms with E-state index >= 15 is 0 Å². The topological polar surface area (TPSA) is 130 Å². The zero-order chi connectivity index (χ0) is 26.1. The van der Waals surface area contributed by atoms with Gasteiger partial charge in [0.2, 0.25) is 17.7 Å². The van der Waals surface area contributed by atoms with Crippen LogP contribution in [0.15, 0.2) is 22.9 Å². The summed E-state index contributed by atoms with van der Waals surface area (Å²) in [7, 11) is 1.48. The van der Waals surface area contributed by atoms with Gasteiger partial charge in [-0.25, -0.2) is 4.98 Å². The number of carbonyl (C=O) groups excluding carboxylic acids is 3. The molecule has 37 heavy (non-hydrogen) atoms. The maximum Gasteiger partial charge on any atom is 0.257 e. The van der Waals surface area contributed by atoms with E-state index < -0.39 is 12.1 Å². The Hall–Kier alpha value is -3.51. The highest BCUT2D eigenvalue weighted by atomic mass is 16.5. The van der Waals surface area contributed by atoms with Gasteiger partial charge in [-0.15, -0.1) is 0 Å². The van der Waals surface area contributed by atoms with Crippen molar-refractivity contribution >= 4 is 17.7 Å². The molecule has 2 aromatic heterocycles. The van der Waals surface area contributed by atoms with Crippen molar-refractivity contribution < 1.29 is 28.4 Å². The molecule has 2 saturated heterocycles.